The van der Waals surface area contributed by atoms with Crippen molar-refractivity contribution in [3.05, 3.63) is 35.4 Å². The molecule has 0 bridgehead atoms. The van der Waals surface area contributed by atoms with Gasteiger partial charge < -0.3 is 43.3 Å². The highest BCUT2D eigenvalue weighted by Crippen LogP contribution is 2.24. The first-order valence-electron chi connectivity index (χ1n) is 23.6. The van der Waals surface area contributed by atoms with E-state index in [4.69, 9.17) is 9.47 Å². The number of nitrogens with zero attached hydrogens (tertiary/aromatic N) is 2. The standard InChI is InChI=1S/C48H90N2O2.2ClH/c1-3-5-7-9-11-13-15-17-19-21-23-25-27-29-35-49(37-41-51-42-38-49)45-47-31-33-48(34-32-47)46-50(39-43-52-44-40-50)36-30-28-26-24-22-20-18-16-14-12-10-8-6-4-2;;/h31-34H,3-30,35-46H2,1-2H3;2*1H/q+2;;/p-2. The van der Waals surface area contributed by atoms with Crippen LogP contribution in [-0.4, -0.2) is 74.7 Å². The van der Waals surface area contributed by atoms with Crippen LogP contribution >= 0.6 is 0 Å². The zero-order valence-electron chi connectivity index (χ0n) is 36.1. The van der Waals surface area contributed by atoms with Gasteiger partial charge in [0.1, 0.15) is 39.3 Å². The van der Waals surface area contributed by atoms with Crippen LogP contribution in [0.2, 0.25) is 0 Å². The maximum Gasteiger partial charge on any atom is 0.104 e. The fourth-order valence-corrected chi connectivity index (χ4v) is 9.19. The fourth-order valence-electron chi connectivity index (χ4n) is 9.19. The molecule has 54 heavy (non-hydrogen) atoms. The first kappa shape index (κ1) is 51.7. The van der Waals surface area contributed by atoms with Gasteiger partial charge in [0.05, 0.1) is 39.5 Å². The van der Waals surface area contributed by atoms with E-state index in [0.29, 0.717) is 0 Å². The quantitative estimate of drug-likeness (QED) is 0.0537. The van der Waals surface area contributed by atoms with Gasteiger partial charge in [-0.25, -0.2) is 0 Å². The maximum atomic E-state index is 5.86. The Kier molecular flexibility index (Phi) is 33.2. The van der Waals surface area contributed by atoms with Crippen LogP contribution in [0, 0.1) is 0 Å². The number of unbranched alkanes of at least 4 members (excludes halogenated alkanes) is 26. The Morgan fingerprint density at radius 3 is 0.815 bits per heavy atom. The summed E-state index contributed by atoms with van der Waals surface area (Å²) in [5, 5.41) is 0. The van der Waals surface area contributed by atoms with Crippen LogP contribution in [0.15, 0.2) is 24.3 Å². The van der Waals surface area contributed by atoms with Gasteiger partial charge in [0, 0.05) is 11.1 Å². The first-order valence-corrected chi connectivity index (χ1v) is 23.6. The summed E-state index contributed by atoms with van der Waals surface area (Å²) < 4.78 is 14.2. The Balaban J connectivity index is 0.00000729. The molecule has 0 unspecified atom stereocenters. The smallest absolute Gasteiger partial charge is 0.104 e. The third kappa shape index (κ3) is 24.4. The van der Waals surface area contributed by atoms with E-state index in [1.807, 2.05) is 0 Å². The zero-order valence-corrected chi connectivity index (χ0v) is 37.6. The fraction of sp³-hybridized carbons (Fsp3) is 0.875. The van der Waals surface area contributed by atoms with Crippen molar-refractivity contribution in [2.75, 3.05) is 65.7 Å². The predicted molar refractivity (Wildman–Crippen MR) is 226 cm³/mol. The third-order valence-electron chi connectivity index (χ3n) is 12.9. The SMILES string of the molecule is CCCCCCCCCCCCCCCC[N+]1(Cc2ccc(C[N+]3(CCCCCCCCCCCCCCCC)CCOCC3)cc2)CCOCC1.[Cl-].[Cl-]. The normalized spacial score (nSPS) is 16.5. The molecule has 0 N–H and O–H groups in total. The summed E-state index contributed by atoms with van der Waals surface area (Å²) in [5.74, 6) is 0. The van der Waals surface area contributed by atoms with Gasteiger partial charge in [-0.2, -0.15) is 0 Å². The molecule has 3 rings (SSSR count). The molecule has 0 spiro atoms. The Morgan fingerprint density at radius 1 is 0.352 bits per heavy atom. The molecule has 2 aliphatic rings. The van der Waals surface area contributed by atoms with Crippen LogP contribution in [0.1, 0.15) is 205 Å². The Morgan fingerprint density at radius 2 is 0.574 bits per heavy atom. The molecule has 6 heteroatoms. The Hall–Kier alpha value is -0.360. The molecule has 0 amide bonds. The monoisotopic (exact) mass is 797 g/mol. The van der Waals surface area contributed by atoms with Gasteiger partial charge in [0.25, 0.3) is 0 Å². The number of hydrogen-bond donors (Lipinski definition) is 0. The summed E-state index contributed by atoms with van der Waals surface area (Å²) in [6.07, 6.45) is 40.2. The van der Waals surface area contributed by atoms with E-state index in [-0.39, 0.29) is 24.8 Å². The van der Waals surface area contributed by atoms with Crippen molar-refractivity contribution in [2.24, 2.45) is 0 Å². The Bertz CT molecular complexity index is 858. The number of halogens is 2. The second-order valence-electron chi connectivity index (χ2n) is 17.6. The number of hydrogen-bond acceptors (Lipinski definition) is 2. The minimum atomic E-state index is 0. The number of rotatable bonds is 34. The molecule has 2 saturated heterocycles. The van der Waals surface area contributed by atoms with Gasteiger partial charge in [-0.3, -0.25) is 0 Å². The minimum Gasteiger partial charge on any atom is -1.00 e. The molecule has 0 radical (unpaired) electrons. The molecule has 2 fully saturated rings. The topological polar surface area (TPSA) is 18.5 Å². The van der Waals surface area contributed by atoms with Gasteiger partial charge >= 0.3 is 0 Å². The van der Waals surface area contributed by atoms with E-state index >= 15 is 0 Å². The van der Waals surface area contributed by atoms with Crippen molar-refractivity contribution in [3.8, 4) is 0 Å². The highest BCUT2D eigenvalue weighted by molar-refractivity contribution is 5.21. The lowest BCUT2D eigenvalue weighted by atomic mass is 10.0. The maximum absolute atomic E-state index is 5.86. The average molecular weight is 798 g/mol. The first-order chi connectivity index (χ1) is 25.7. The lowest BCUT2D eigenvalue weighted by Gasteiger charge is -2.42. The second-order valence-corrected chi connectivity index (χ2v) is 17.6. The molecule has 0 aromatic heterocycles. The van der Waals surface area contributed by atoms with Crippen molar-refractivity contribution in [2.45, 2.75) is 207 Å². The number of benzene rings is 1. The number of quaternary nitrogens is 2. The molecule has 2 heterocycles. The van der Waals surface area contributed by atoms with Crippen molar-refractivity contribution in [1.29, 1.82) is 0 Å². The summed E-state index contributed by atoms with van der Waals surface area (Å²) in [7, 11) is 0. The van der Waals surface area contributed by atoms with E-state index in [1.165, 1.54) is 252 Å². The predicted octanol–water partition coefficient (Wildman–Crippen LogP) is 7.35. The zero-order chi connectivity index (χ0) is 36.7. The molecule has 0 saturated carbocycles. The molecule has 4 nitrogen and oxygen atoms in total. The molecule has 1 aromatic carbocycles. The lowest BCUT2D eigenvalue weighted by Crippen LogP contribution is -3.00. The van der Waals surface area contributed by atoms with Crippen LogP contribution < -0.4 is 24.8 Å². The molecule has 0 aliphatic carbocycles. The summed E-state index contributed by atoms with van der Waals surface area (Å²) in [6.45, 7) is 18.0. The van der Waals surface area contributed by atoms with Crippen LogP contribution in [0.3, 0.4) is 0 Å². The van der Waals surface area contributed by atoms with Gasteiger partial charge in [0.2, 0.25) is 0 Å². The van der Waals surface area contributed by atoms with Crippen LogP contribution in [-0.2, 0) is 22.6 Å². The third-order valence-corrected chi connectivity index (χ3v) is 12.9. The van der Waals surface area contributed by atoms with Gasteiger partial charge in [-0.15, -0.1) is 0 Å². The van der Waals surface area contributed by atoms with E-state index in [0.717, 1.165) is 26.4 Å². The minimum absolute atomic E-state index is 0. The molecular formula is C48H90Cl2N2O2. The van der Waals surface area contributed by atoms with Crippen LogP contribution in [0.5, 0.6) is 0 Å². The van der Waals surface area contributed by atoms with Crippen molar-refractivity contribution in [1.82, 2.24) is 0 Å². The van der Waals surface area contributed by atoms with Gasteiger partial charge in [-0.1, -0.05) is 192 Å². The highest BCUT2D eigenvalue weighted by atomic mass is 35.5. The molecule has 0 atom stereocenters. The van der Waals surface area contributed by atoms with Gasteiger partial charge in [-0.05, 0) is 25.7 Å². The highest BCUT2D eigenvalue weighted by Gasteiger charge is 2.32. The molecular weight excluding hydrogens is 707 g/mol. The summed E-state index contributed by atoms with van der Waals surface area (Å²) >= 11 is 0. The van der Waals surface area contributed by atoms with E-state index in [1.54, 1.807) is 0 Å². The number of ether oxygens (including phenoxy) is 2. The molecule has 1 aromatic rings. The van der Waals surface area contributed by atoms with E-state index < -0.39 is 0 Å². The summed E-state index contributed by atoms with van der Waals surface area (Å²) in [5.41, 5.74) is 3.05. The van der Waals surface area contributed by atoms with Crippen molar-refractivity contribution >= 4 is 0 Å². The average Bonchev–Trinajstić information content (AvgIpc) is 3.17. The van der Waals surface area contributed by atoms with Crippen LogP contribution in [0.25, 0.3) is 0 Å². The summed E-state index contributed by atoms with van der Waals surface area (Å²) in [4.78, 5) is 0. The Labute approximate surface area is 349 Å². The van der Waals surface area contributed by atoms with E-state index in [9.17, 15) is 0 Å². The summed E-state index contributed by atoms with van der Waals surface area (Å²) in [6, 6.07) is 9.89. The second kappa shape index (κ2) is 34.7. The van der Waals surface area contributed by atoms with Crippen molar-refractivity contribution in [3.63, 3.8) is 0 Å². The molecule has 2 aliphatic heterocycles. The molecule has 318 valence electrons. The van der Waals surface area contributed by atoms with Crippen LogP contribution in [0.4, 0.5) is 0 Å². The number of morpholine rings is 2. The largest absolute Gasteiger partial charge is 1.00 e. The lowest BCUT2D eigenvalue weighted by molar-refractivity contribution is -0.948. The van der Waals surface area contributed by atoms with Crippen molar-refractivity contribution < 1.29 is 43.3 Å². The van der Waals surface area contributed by atoms with E-state index in [2.05, 4.69) is 38.1 Å². The van der Waals surface area contributed by atoms with Gasteiger partial charge in [0.15, 0.2) is 0 Å².